The molecule has 3 heteroatoms. The van der Waals surface area contributed by atoms with E-state index in [9.17, 15) is 4.79 Å². The summed E-state index contributed by atoms with van der Waals surface area (Å²) in [6, 6.07) is 7.23. The van der Waals surface area contributed by atoms with Crippen molar-refractivity contribution in [2.24, 2.45) is 0 Å². The highest BCUT2D eigenvalue weighted by atomic mass is 16.2. The average Bonchev–Trinajstić information content (AvgIpc) is 2.67. The molecule has 154 valence electrons. The SMILES string of the molecule is CCCCCCCCCCCCCCCCN(C)C(=O)c1cccc(N)c1. The lowest BCUT2D eigenvalue weighted by atomic mass is 10.0. The lowest BCUT2D eigenvalue weighted by molar-refractivity contribution is 0.0792. The monoisotopic (exact) mass is 374 g/mol. The first kappa shape index (κ1) is 23.5. The van der Waals surface area contributed by atoms with Gasteiger partial charge in [0.15, 0.2) is 0 Å². The van der Waals surface area contributed by atoms with E-state index in [1.54, 1.807) is 6.07 Å². The molecule has 0 aliphatic carbocycles. The van der Waals surface area contributed by atoms with Gasteiger partial charge in [-0.05, 0) is 24.6 Å². The highest BCUT2D eigenvalue weighted by Crippen LogP contribution is 2.14. The van der Waals surface area contributed by atoms with Crippen LogP contribution in [0.15, 0.2) is 24.3 Å². The highest BCUT2D eigenvalue weighted by molar-refractivity contribution is 5.94. The zero-order chi connectivity index (χ0) is 19.7. The quantitative estimate of drug-likeness (QED) is 0.255. The van der Waals surface area contributed by atoms with Crippen LogP contribution < -0.4 is 5.73 Å². The number of anilines is 1. The van der Waals surface area contributed by atoms with Gasteiger partial charge in [-0.25, -0.2) is 0 Å². The number of rotatable bonds is 16. The molecule has 0 bridgehead atoms. The molecule has 0 heterocycles. The molecule has 1 rings (SSSR count). The van der Waals surface area contributed by atoms with Gasteiger partial charge in [-0.3, -0.25) is 4.79 Å². The van der Waals surface area contributed by atoms with Crippen LogP contribution >= 0.6 is 0 Å². The molecule has 0 saturated heterocycles. The van der Waals surface area contributed by atoms with Crippen LogP contribution in [0, 0.1) is 0 Å². The zero-order valence-corrected chi connectivity index (χ0v) is 17.8. The molecule has 0 aliphatic heterocycles. The Bertz CT molecular complexity index is 501. The topological polar surface area (TPSA) is 46.3 Å². The smallest absolute Gasteiger partial charge is 0.253 e. The van der Waals surface area contributed by atoms with Crippen molar-refractivity contribution in [1.82, 2.24) is 4.90 Å². The van der Waals surface area contributed by atoms with Crippen LogP contribution in [0.5, 0.6) is 0 Å². The molecule has 0 aliphatic rings. The molecular formula is C24H42N2O. The zero-order valence-electron chi connectivity index (χ0n) is 17.8. The Morgan fingerprint density at radius 3 is 1.78 bits per heavy atom. The van der Waals surface area contributed by atoms with E-state index in [0.29, 0.717) is 11.3 Å². The van der Waals surface area contributed by atoms with Crippen LogP contribution in [0.3, 0.4) is 0 Å². The second kappa shape index (κ2) is 15.5. The van der Waals surface area contributed by atoms with Crippen molar-refractivity contribution in [2.45, 2.75) is 96.8 Å². The number of amides is 1. The van der Waals surface area contributed by atoms with Gasteiger partial charge in [0.05, 0.1) is 0 Å². The summed E-state index contributed by atoms with van der Waals surface area (Å²) in [6.07, 6.45) is 19.0. The molecule has 3 nitrogen and oxygen atoms in total. The standard InChI is InChI=1S/C24H42N2O/c1-3-4-5-6-7-8-9-10-11-12-13-14-15-16-20-26(2)24(27)22-18-17-19-23(25)21-22/h17-19,21H,3-16,20,25H2,1-2H3. The van der Waals surface area contributed by atoms with Gasteiger partial charge in [-0.2, -0.15) is 0 Å². The van der Waals surface area contributed by atoms with E-state index >= 15 is 0 Å². The average molecular weight is 375 g/mol. The van der Waals surface area contributed by atoms with Crippen molar-refractivity contribution in [3.63, 3.8) is 0 Å². The minimum atomic E-state index is 0.0667. The summed E-state index contributed by atoms with van der Waals surface area (Å²) in [5.74, 6) is 0.0667. The van der Waals surface area contributed by atoms with Crippen molar-refractivity contribution >= 4 is 11.6 Å². The Morgan fingerprint density at radius 1 is 0.815 bits per heavy atom. The minimum Gasteiger partial charge on any atom is -0.399 e. The molecule has 0 unspecified atom stereocenters. The van der Waals surface area contributed by atoms with E-state index in [-0.39, 0.29) is 5.91 Å². The summed E-state index contributed by atoms with van der Waals surface area (Å²) in [4.78, 5) is 14.1. The Hall–Kier alpha value is -1.51. The van der Waals surface area contributed by atoms with Gasteiger partial charge in [0, 0.05) is 24.8 Å². The van der Waals surface area contributed by atoms with E-state index in [1.807, 2.05) is 30.1 Å². The van der Waals surface area contributed by atoms with Gasteiger partial charge in [-0.15, -0.1) is 0 Å². The van der Waals surface area contributed by atoms with Gasteiger partial charge >= 0.3 is 0 Å². The first-order valence-corrected chi connectivity index (χ1v) is 11.3. The third-order valence-electron chi connectivity index (χ3n) is 5.33. The lowest BCUT2D eigenvalue weighted by Crippen LogP contribution is -2.27. The predicted molar refractivity (Wildman–Crippen MR) is 118 cm³/mol. The van der Waals surface area contributed by atoms with Crippen LogP contribution in [0.4, 0.5) is 5.69 Å². The Morgan fingerprint density at radius 2 is 1.30 bits per heavy atom. The van der Waals surface area contributed by atoms with E-state index in [2.05, 4.69) is 6.92 Å². The fourth-order valence-corrected chi connectivity index (χ4v) is 3.54. The number of benzene rings is 1. The fraction of sp³-hybridized carbons (Fsp3) is 0.708. The molecule has 2 N–H and O–H groups in total. The Labute approximate surface area is 167 Å². The van der Waals surface area contributed by atoms with Crippen LogP contribution in [-0.2, 0) is 0 Å². The maximum absolute atomic E-state index is 12.3. The summed E-state index contributed by atoms with van der Waals surface area (Å²) in [5, 5.41) is 0. The molecule has 0 spiro atoms. The number of nitrogen functional groups attached to an aromatic ring is 1. The van der Waals surface area contributed by atoms with Gasteiger partial charge < -0.3 is 10.6 Å². The second-order valence-corrected chi connectivity index (χ2v) is 7.95. The molecule has 1 amide bonds. The van der Waals surface area contributed by atoms with E-state index < -0.39 is 0 Å². The number of hydrogen-bond acceptors (Lipinski definition) is 2. The normalized spacial score (nSPS) is 10.9. The third kappa shape index (κ3) is 11.7. The summed E-state index contributed by atoms with van der Waals surface area (Å²) < 4.78 is 0. The number of nitrogens with two attached hydrogens (primary N) is 1. The van der Waals surface area contributed by atoms with Crippen molar-refractivity contribution in [2.75, 3.05) is 19.3 Å². The Kier molecular flexibility index (Phi) is 13.5. The molecule has 0 atom stereocenters. The van der Waals surface area contributed by atoms with Crippen LogP contribution in [0.25, 0.3) is 0 Å². The molecule has 0 radical (unpaired) electrons. The first-order chi connectivity index (χ1) is 13.1. The second-order valence-electron chi connectivity index (χ2n) is 7.95. The van der Waals surface area contributed by atoms with Crippen molar-refractivity contribution in [3.8, 4) is 0 Å². The van der Waals surface area contributed by atoms with E-state index in [4.69, 9.17) is 5.73 Å². The molecule has 1 aromatic carbocycles. The van der Waals surface area contributed by atoms with Crippen molar-refractivity contribution in [3.05, 3.63) is 29.8 Å². The molecule has 0 saturated carbocycles. The fourth-order valence-electron chi connectivity index (χ4n) is 3.54. The third-order valence-corrected chi connectivity index (χ3v) is 5.33. The predicted octanol–water partition coefficient (Wildman–Crippen LogP) is 6.82. The maximum Gasteiger partial charge on any atom is 0.253 e. The molecule has 1 aromatic rings. The summed E-state index contributed by atoms with van der Waals surface area (Å²) in [6.45, 7) is 3.10. The van der Waals surface area contributed by atoms with Gasteiger partial charge in [0.25, 0.3) is 5.91 Å². The molecule has 0 aromatic heterocycles. The number of nitrogens with zero attached hydrogens (tertiary/aromatic N) is 1. The van der Waals surface area contributed by atoms with Crippen LogP contribution in [-0.4, -0.2) is 24.4 Å². The van der Waals surface area contributed by atoms with Crippen molar-refractivity contribution in [1.29, 1.82) is 0 Å². The summed E-state index contributed by atoms with van der Waals surface area (Å²) >= 11 is 0. The van der Waals surface area contributed by atoms with E-state index in [1.165, 1.54) is 83.5 Å². The molecular weight excluding hydrogens is 332 g/mol. The number of unbranched alkanes of at least 4 members (excludes halogenated alkanes) is 13. The van der Waals surface area contributed by atoms with Crippen LogP contribution in [0.2, 0.25) is 0 Å². The Balaban J connectivity index is 1.92. The molecule has 0 fully saturated rings. The number of carbonyl (C=O) groups excluding carboxylic acids is 1. The maximum atomic E-state index is 12.3. The first-order valence-electron chi connectivity index (χ1n) is 11.3. The highest BCUT2D eigenvalue weighted by Gasteiger charge is 2.11. The van der Waals surface area contributed by atoms with E-state index in [0.717, 1.165) is 13.0 Å². The summed E-state index contributed by atoms with van der Waals surface area (Å²) in [5.41, 5.74) is 7.08. The van der Waals surface area contributed by atoms with Crippen LogP contribution in [0.1, 0.15) is 107 Å². The van der Waals surface area contributed by atoms with Gasteiger partial charge in [-0.1, -0.05) is 96.5 Å². The van der Waals surface area contributed by atoms with Crippen molar-refractivity contribution < 1.29 is 4.79 Å². The van der Waals surface area contributed by atoms with Gasteiger partial charge in [0.2, 0.25) is 0 Å². The lowest BCUT2D eigenvalue weighted by Gasteiger charge is -2.17. The minimum absolute atomic E-state index is 0.0667. The molecule has 27 heavy (non-hydrogen) atoms. The number of hydrogen-bond donors (Lipinski definition) is 1. The summed E-state index contributed by atoms with van der Waals surface area (Å²) in [7, 11) is 1.88. The van der Waals surface area contributed by atoms with Gasteiger partial charge in [0.1, 0.15) is 0 Å². The largest absolute Gasteiger partial charge is 0.399 e. The number of carbonyl (C=O) groups is 1.